The van der Waals surface area contributed by atoms with Crippen molar-refractivity contribution in [1.82, 2.24) is 24.6 Å². The van der Waals surface area contributed by atoms with Crippen LogP contribution in [0.25, 0.3) is 0 Å². The van der Waals surface area contributed by atoms with Crippen LogP contribution in [0.1, 0.15) is 33.6 Å². The average Bonchev–Trinajstić information content (AvgIpc) is 2.92. The number of unbranched alkanes of at least 4 members (excludes halogenated alkanes) is 1. The molecular formula is C15H27N5O2S. The number of nitrogens with zero attached hydrogens (tertiary/aromatic N) is 4. The first-order chi connectivity index (χ1) is 11.1. The second-order valence-corrected chi connectivity index (χ2v) is 7.14. The van der Waals surface area contributed by atoms with E-state index in [-0.39, 0.29) is 16.8 Å². The summed E-state index contributed by atoms with van der Waals surface area (Å²) in [6, 6.07) is 0. The summed E-state index contributed by atoms with van der Waals surface area (Å²) in [6.45, 7) is 11.2. The first-order valence-electron chi connectivity index (χ1n) is 8.39. The van der Waals surface area contributed by atoms with Crippen LogP contribution >= 0.6 is 11.8 Å². The zero-order valence-electron chi connectivity index (χ0n) is 14.2. The first-order valence-corrected chi connectivity index (χ1v) is 9.27. The molecule has 23 heavy (non-hydrogen) atoms. The van der Waals surface area contributed by atoms with E-state index in [2.05, 4.69) is 28.9 Å². The van der Waals surface area contributed by atoms with Gasteiger partial charge in [-0.05, 0) is 19.9 Å². The summed E-state index contributed by atoms with van der Waals surface area (Å²) in [5, 5.41) is 6.93. The Bertz CT molecular complexity index is 562. The van der Waals surface area contributed by atoms with Gasteiger partial charge in [-0.25, -0.2) is 9.89 Å². The number of hydrogen-bond donors (Lipinski definition) is 1. The molecule has 1 amide bonds. The van der Waals surface area contributed by atoms with Crippen molar-refractivity contribution in [2.75, 3.05) is 32.7 Å². The molecule has 1 unspecified atom stereocenters. The van der Waals surface area contributed by atoms with Gasteiger partial charge in [0.2, 0.25) is 5.91 Å². The van der Waals surface area contributed by atoms with Crippen LogP contribution in [0.4, 0.5) is 0 Å². The van der Waals surface area contributed by atoms with E-state index < -0.39 is 0 Å². The van der Waals surface area contributed by atoms with Crippen LogP contribution in [0.3, 0.4) is 0 Å². The van der Waals surface area contributed by atoms with E-state index >= 15 is 0 Å². The minimum Gasteiger partial charge on any atom is -0.339 e. The monoisotopic (exact) mass is 341 g/mol. The van der Waals surface area contributed by atoms with E-state index in [0.29, 0.717) is 11.7 Å². The fourth-order valence-corrected chi connectivity index (χ4v) is 3.62. The summed E-state index contributed by atoms with van der Waals surface area (Å²) in [5.41, 5.74) is -0.197. The maximum Gasteiger partial charge on any atom is 0.343 e. The molecule has 8 heteroatoms. The number of rotatable bonds is 7. The second-order valence-electron chi connectivity index (χ2n) is 5.84. The Kier molecular flexibility index (Phi) is 6.71. The number of nitrogens with one attached hydrogen (secondary N) is 1. The number of thioether (sulfide) groups is 1. The van der Waals surface area contributed by atoms with E-state index in [9.17, 15) is 9.59 Å². The molecule has 1 saturated heterocycles. The van der Waals surface area contributed by atoms with E-state index in [1.165, 1.54) is 11.8 Å². The topological polar surface area (TPSA) is 74.2 Å². The van der Waals surface area contributed by atoms with Gasteiger partial charge in [-0.15, -0.1) is 5.10 Å². The molecule has 130 valence electrons. The lowest BCUT2D eigenvalue weighted by molar-refractivity contribution is -0.132. The van der Waals surface area contributed by atoms with Gasteiger partial charge in [0, 0.05) is 32.7 Å². The van der Waals surface area contributed by atoms with Crippen LogP contribution in [-0.2, 0) is 11.3 Å². The van der Waals surface area contributed by atoms with Gasteiger partial charge in [0.15, 0.2) is 5.16 Å². The van der Waals surface area contributed by atoms with Gasteiger partial charge in [0.05, 0.1) is 5.25 Å². The third kappa shape index (κ3) is 4.60. The lowest BCUT2D eigenvalue weighted by Gasteiger charge is -2.35. The summed E-state index contributed by atoms with van der Waals surface area (Å²) in [5.74, 6) is 0.128. The zero-order valence-corrected chi connectivity index (χ0v) is 15.1. The SMILES string of the molecule is CCCCn1c(SC(C)C(=O)N2CCN(CC)CC2)n[nH]c1=O. The van der Waals surface area contributed by atoms with E-state index in [4.69, 9.17) is 0 Å². The number of H-pyrrole nitrogens is 1. The third-order valence-electron chi connectivity index (χ3n) is 4.22. The van der Waals surface area contributed by atoms with Gasteiger partial charge in [0.1, 0.15) is 0 Å². The molecule has 2 heterocycles. The summed E-state index contributed by atoms with van der Waals surface area (Å²) in [4.78, 5) is 28.7. The highest BCUT2D eigenvalue weighted by Crippen LogP contribution is 2.22. The molecule has 1 aromatic rings. The predicted molar refractivity (Wildman–Crippen MR) is 91.8 cm³/mol. The van der Waals surface area contributed by atoms with E-state index in [0.717, 1.165) is 45.6 Å². The van der Waals surface area contributed by atoms with Gasteiger partial charge in [-0.3, -0.25) is 9.36 Å². The smallest absolute Gasteiger partial charge is 0.339 e. The minimum atomic E-state index is -0.237. The van der Waals surface area contributed by atoms with Gasteiger partial charge in [-0.2, -0.15) is 0 Å². The molecule has 0 aliphatic carbocycles. The molecular weight excluding hydrogens is 314 g/mol. The van der Waals surface area contributed by atoms with Crippen LogP contribution in [0.15, 0.2) is 9.95 Å². The number of piperazine rings is 1. The summed E-state index contributed by atoms with van der Waals surface area (Å²) < 4.78 is 1.63. The molecule has 0 spiro atoms. The van der Waals surface area contributed by atoms with Crippen LogP contribution < -0.4 is 5.69 Å². The Labute approximate surface area is 141 Å². The highest BCUT2D eigenvalue weighted by molar-refractivity contribution is 8.00. The summed E-state index contributed by atoms with van der Waals surface area (Å²) in [6.07, 6.45) is 1.94. The first kappa shape index (κ1) is 18.1. The maximum absolute atomic E-state index is 12.6. The Morgan fingerprint density at radius 2 is 2.00 bits per heavy atom. The number of likely N-dealkylation sites (N-methyl/N-ethyl adjacent to an activating group) is 1. The Morgan fingerprint density at radius 3 is 2.61 bits per heavy atom. The number of carbonyl (C=O) groups excluding carboxylic acids is 1. The van der Waals surface area contributed by atoms with Gasteiger partial charge < -0.3 is 9.80 Å². The Morgan fingerprint density at radius 1 is 1.30 bits per heavy atom. The van der Waals surface area contributed by atoms with Crippen LogP contribution in [0, 0.1) is 0 Å². The highest BCUT2D eigenvalue weighted by atomic mass is 32.2. The fraction of sp³-hybridized carbons (Fsp3) is 0.800. The molecule has 1 N–H and O–H groups in total. The lowest BCUT2D eigenvalue weighted by Crippen LogP contribution is -2.50. The average molecular weight is 341 g/mol. The van der Waals surface area contributed by atoms with Gasteiger partial charge in [0.25, 0.3) is 0 Å². The summed E-state index contributed by atoms with van der Waals surface area (Å²) in [7, 11) is 0. The van der Waals surface area contributed by atoms with Crippen molar-refractivity contribution in [2.45, 2.75) is 50.6 Å². The van der Waals surface area contributed by atoms with Crippen molar-refractivity contribution in [2.24, 2.45) is 0 Å². The molecule has 1 aliphatic heterocycles. The number of aromatic nitrogens is 3. The quantitative estimate of drug-likeness (QED) is 0.750. The largest absolute Gasteiger partial charge is 0.343 e. The van der Waals surface area contributed by atoms with Crippen molar-refractivity contribution >= 4 is 17.7 Å². The summed E-state index contributed by atoms with van der Waals surface area (Å²) >= 11 is 1.37. The number of amides is 1. The lowest BCUT2D eigenvalue weighted by atomic mass is 10.3. The van der Waals surface area contributed by atoms with Crippen molar-refractivity contribution in [3.8, 4) is 0 Å². The normalized spacial score (nSPS) is 17.4. The molecule has 0 aromatic carbocycles. The molecule has 2 rings (SSSR count). The molecule has 1 fully saturated rings. The standard InChI is InChI=1S/C15H27N5O2S/c1-4-6-7-20-14(22)16-17-15(20)23-12(3)13(21)19-10-8-18(5-2)9-11-19/h12H,4-11H2,1-3H3,(H,16,22). The number of carbonyl (C=O) groups is 1. The zero-order chi connectivity index (χ0) is 16.8. The fourth-order valence-electron chi connectivity index (χ4n) is 2.66. The third-order valence-corrected chi connectivity index (χ3v) is 5.30. The number of hydrogen-bond acceptors (Lipinski definition) is 5. The molecule has 7 nitrogen and oxygen atoms in total. The molecule has 1 aliphatic rings. The van der Waals surface area contributed by atoms with Crippen molar-refractivity contribution in [3.63, 3.8) is 0 Å². The maximum atomic E-state index is 12.6. The highest BCUT2D eigenvalue weighted by Gasteiger charge is 2.26. The molecule has 0 bridgehead atoms. The van der Waals surface area contributed by atoms with Gasteiger partial charge >= 0.3 is 5.69 Å². The van der Waals surface area contributed by atoms with E-state index in [1.54, 1.807) is 4.57 Å². The molecule has 0 radical (unpaired) electrons. The predicted octanol–water partition coefficient (Wildman–Crippen LogP) is 1.02. The van der Waals surface area contributed by atoms with Crippen LogP contribution in [0.5, 0.6) is 0 Å². The van der Waals surface area contributed by atoms with Crippen LogP contribution in [-0.4, -0.2) is 68.4 Å². The minimum absolute atomic E-state index is 0.128. The molecule has 1 aromatic heterocycles. The number of aromatic amines is 1. The van der Waals surface area contributed by atoms with Crippen molar-refractivity contribution in [3.05, 3.63) is 10.5 Å². The van der Waals surface area contributed by atoms with Gasteiger partial charge in [-0.1, -0.05) is 32.0 Å². The Balaban J connectivity index is 1.95. The van der Waals surface area contributed by atoms with Crippen LogP contribution in [0.2, 0.25) is 0 Å². The second kappa shape index (κ2) is 8.54. The van der Waals surface area contributed by atoms with Crippen molar-refractivity contribution < 1.29 is 4.79 Å². The molecule has 0 saturated carbocycles. The Hall–Kier alpha value is -1.28. The van der Waals surface area contributed by atoms with Crippen molar-refractivity contribution in [1.29, 1.82) is 0 Å². The van der Waals surface area contributed by atoms with E-state index in [1.807, 2.05) is 11.8 Å². The molecule has 1 atom stereocenters.